The third-order valence-corrected chi connectivity index (χ3v) is 12.0. The summed E-state index contributed by atoms with van der Waals surface area (Å²) in [6, 6.07) is 0. The van der Waals surface area contributed by atoms with Gasteiger partial charge in [0.05, 0.1) is 6.61 Å². The molecule has 0 radical (unpaired) electrons. The van der Waals surface area contributed by atoms with Gasteiger partial charge in [0.1, 0.15) is 0 Å². The van der Waals surface area contributed by atoms with E-state index in [0.717, 1.165) is 38.5 Å². The molecule has 0 aliphatic heterocycles. The number of carbonyl (C=O) groups excluding carboxylic acids is 1. The number of hydrogen-bond acceptors (Lipinski definition) is 3. The lowest BCUT2D eigenvalue weighted by atomic mass is 9.89. The lowest BCUT2D eigenvalue weighted by Gasteiger charge is -2.26. The quantitative estimate of drug-likeness (QED) is 0.0498. The minimum atomic E-state index is -1.29. The normalized spacial score (nSPS) is 12.8. The Balaban J connectivity index is 4.19. The molecule has 0 spiro atoms. The van der Waals surface area contributed by atoms with Gasteiger partial charge in [0.15, 0.2) is 5.60 Å². The van der Waals surface area contributed by atoms with Crippen LogP contribution in [-0.2, 0) is 9.53 Å². The summed E-state index contributed by atoms with van der Waals surface area (Å²) in [5.74, 6) is -0.337. The van der Waals surface area contributed by atoms with Crippen molar-refractivity contribution in [3.05, 3.63) is 0 Å². The molecule has 3 heteroatoms. The van der Waals surface area contributed by atoms with Crippen molar-refractivity contribution in [1.29, 1.82) is 0 Å². The lowest BCUT2D eigenvalue weighted by Crippen LogP contribution is -2.40. The van der Waals surface area contributed by atoms with Crippen molar-refractivity contribution in [1.82, 2.24) is 0 Å². The molecule has 318 valence electrons. The highest BCUT2D eigenvalue weighted by atomic mass is 16.5. The fraction of sp³-hybridized carbons (Fsp3) is 0.980. The van der Waals surface area contributed by atoms with Crippen LogP contribution in [0.15, 0.2) is 0 Å². The second-order valence-electron chi connectivity index (χ2n) is 17.5. The first-order chi connectivity index (χ1) is 26.1. The van der Waals surface area contributed by atoms with Crippen molar-refractivity contribution < 1.29 is 14.6 Å². The zero-order valence-corrected chi connectivity index (χ0v) is 37.1. The van der Waals surface area contributed by atoms with Crippen LogP contribution < -0.4 is 0 Å². The smallest absolute Gasteiger partial charge is 0.338 e. The molecule has 0 aromatic carbocycles. The standard InChI is InChI=1S/C50H100O3/c1-4-7-10-13-16-19-22-25-27-28-29-32-35-38-41-44-47-50(52,46-43-40-37-34-31-24-21-18-15-12-9-6-3)49(51)53-48-45-42-39-36-33-30-26-23-20-17-14-11-8-5-2/h52H,4-48H2,1-3H3. The van der Waals surface area contributed by atoms with Crippen molar-refractivity contribution in [3.63, 3.8) is 0 Å². The number of carbonyl (C=O) groups is 1. The fourth-order valence-electron chi connectivity index (χ4n) is 8.15. The number of ether oxygens (including phenoxy) is 1. The SMILES string of the molecule is CCCCCCCCCCCCCCCCCCC(O)(CCCCCCCCCCCCCC)C(=O)OCCCCCCCCCCCCCCCC. The molecule has 1 unspecified atom stereocenters. The number of esters is 1. The molecule has 0 saturated carbocycles. The van der Waals surface area contributed by atoms with Crippen molar-refractivity contribution >= 4 is 5.97 Å². The summed E-state index contributed by atoms with van der Waals surface area (Å²) in [5.41, 5.74) is -1.29. The maximum Gasteiger partial charge on any atom is 0.338 e. The van der Waals surface area contributed by atoms with Crippen LogP contribution in [0.2, 0.25) is 0 Å². The van der Waals surface area contributed by atoms with E-state index >= 15 is 0 Å². The fourth-order valence-corrected chi connectivity index (χ4v) is 8.15. The second-order valence-corrected chi connectivity index (χ2v) is 17.5. The maximum atomic E-state index is 13.3. The van der Waals surface area contributed by atoms with Crippen LogP contribution in [0.3, 0.4) is 0 Å². The lowest BCUT2D eigenvalue weighted by molar-refractivity contribution is -0.167. The van der Waals surface area contributed by atoms with Gasteiger partial charge in [-0.1, -0.05) is 271 Å². The molecule has 0 aliphatic rings. The first kappa shape index (κ1) is 52.4. The molecule has 0 aliphatic carbocycles. The van der Waals surface area contributed by atoms with Crippen LogP contribution >= 0.6 is 0 Å². The summed E-state index contributed by atoms with van der Waals surface area (Å²) >= 11 is 0. The molecular weight excluding hydrogens is 649 g/mol. The van der Waals surface area contributed by atoms with Crippen molar-refractivity contribution in [2.45, 2.75) is 309 Å². The predicted octanol–water partition coefficient (Wildman–Crippen LogP) is 17.5. The van der Waals surface area contributed by atoms with Gasteiger partial charge in [0.2, 0.25) is 0 Å². The highest BCUT2D eigenvalue weighted by Crippen LogP contribution is 2.26. The Kier molecular flexibility index (Phi) is 43.7. The summed E-state index contributed by atoms with van der Waals surface area (Å²) in [4.78, 5) is 13.3. The van der Waals surface area contributed by atoms with Crippen molar-refractivity contribution in [3.8, 4) is 0 Å². The van der Waals surface area contributed by atoms with Gasteiger partial charge < -0.3 is 9.84 Å². The van der Waals surface area contributed by atoms with Gasteiger partial charge >= 0.3 is 5.97 Å². The van der Waals surface area contributed by atoms with E-state index in [1.165, 1.54) is 231 Å². The topological polar surface area (TPSA) is 46.5 Å². The van der Waals surface area contributed by atoms with E-state index in [-0.39, 0.29) is 5.97 Å². The molecule has 0 amide bonds. The zero-order chi connectivity index (χ0) is 38.6. The minimum absolute atomic E-state index is 0.337. The third-order valence-electron chi connectivity index (χ3n) is 12.0. The number of aliphatic hydroxyl groups is 1. The predicted molar refractivity (Wildman–Crippen MR) is 236 cm³/mol. The largest absolute Gasteiger partial charge is 0.464 e. The minimum Gasteiger partial charge on any atom is -0.464 e. The molecule has 0 saturated heterocycles. The summed E-state index contributed by atoms with van der Waals surface area (Å²) in [6.45, 7) is 7.34. The molecule has 0 aromatic heterocycles. The first-order valence-electron chi connectivity index (χ1n) is 25.0. The van der Waals surface area contributed by atoms with Crippen LogP contribution in [0.4, 0.5) is 0 Å². The zero-order valence-electron chi connectivity index (χ0n) is 37.1. The van der Waals surface area contributed by atoms with Crippen LogP contribution in [0, 0.1) is 0 Å². The molecule has 0 heterocycles. The van der Waals surface area contributed by atoms with Gasteiger partial charge in [-0.3, -0.25) is 0 Å². The Morgan fingerprint density at radius 1 is 0.321 bits per heavy atom. The van der Waals surface area contributed by atoms with E-state index in [4.69, 9.17) is 4.74 Å². The van der Waals surface area contributed by atoms with E-state index < -0.39 is 5.60 Å². The molecule has 53 heavy (non-hydrogen) atoms. The highest BCUT2D eigenvalue weighted by Gasteiger charge is 2.36. The van der Waals surface area contributed by atoms with Crippen molar-refractivity contribution in [2.75, 3.05) is 6.61 Å². The van der Waals surface area contributed by atoms with Crippen LogP contribution in [0.25, 0.3) is 0 Å². The molecule has 1 atom stereocenters. The summed E-state index contributed by atoms with van der Waals surface area (Å²) in [7, 11) is 0. The number of hydrogen-bond donors (Lipinski definition) is 1. The number of rotatable bonds is 46. The van der Waals surface area contributed by atoms with E-state index in [1.807, 2.05) is 0 Å². The molecule has 0 bridgehead atoms. The van der Waals surface area contributed by atoms with Gasteiger partial charge in [0.25, 0.3) is 0 Å². The Labute approximate surface area is 335 Å². The van der Waals surface area contributed by atoms with Crippen LogP contribution in [-0.4, -0.2) is 23.3 Å². The Bertz CT molecular complexity index is 692. The average Bonchev–Trinajstić information content (AvgIpc) is 3.16. The number of unbranched alkanes of at least 4 members (excludes halogenated alkanes) is 39. The monoisotopic (exact) mass is 749 g/mol. The van der Waals surface area contributed by atoms with Crippen molar-refractivity contribution in [2.24, 2.45) is 0 Å². The van der Waals surface area contributed by atoms with E-state index in [9.17, 15) is 9.90 Å². The molecule has 3 nitrogen and oxygen atoms in total. The molecule has 0 aromatic rings. The van der Waals surface area contributed by atoms with Gasteiger partial charge in [-0.05, 0) is 32.1 Å². The Morgan fingerprint density at radius 3 is 0.736 bits per heavy atom. The Morgan fingerprint density at radius 2 is 0.509 bits per heavy atom. The Hall–Kier alpha value is -0.570. The highest BCUT2D eigenvalue weighted by molar-refractivity contribution is 5.79. The summed E-state index contributed by atoms with van der Waals surface area (Å²) < 4.78 is 5.76. The van der Waals surface area contributed by atoms with E-state index in [0.29, 0.717) is 19.4 Å². The second kappa shape index (κ2) is 44.1. The van der Waals surface area contributed by atoms with Gasteiger partial charge in [-0.25, -0.2) is 4.79 Å². The van der Waals surface area contributed by atoms with Gasteiger partial charge in [-0.2, -0.15) is 0 Å². The summed E-state index contributed by atoms with van der Waals surface area (Å²) in [5, 5.41) is 11.6. The molecule has 1 N–H and O–H groups in total. The third kappa shape index (κ3) is 39.5. The van der Waals surface area contributed by atoms with Gasteiger partial charge in [0, 0.05) is 0 Å². The molecule has 0 rings (SSSR count). The first-order valence-corrected chi connectivity index (χ1v) is 25.0. The van der Waals surface area contributed by atoms with Crippen LogP contribution in [0.1, 0.15) is 303 Å². The maximum absolute atomic E-state index is 13.3. The summed E-state index contributed by atoms with van der Waals surface area (Å²) in [6.07, 6.45) is 56.6. The average molecular weight is 749 g/mol. The molecular formula is C50H100O3. The van der Waals surface area contributed by atoms with Crippen LogP contribution in [0.5, 0.6) is 0 Å². The molecule has 0 fully saturated rings. The van der Waals surface area contributed by atoms with Gasteiger partial charge in [-0.15, -0.1) is 0 Å². The van der Waals surface area contributed by atoms with E-state index in [2.05, 4.69) is 20.8 Å². The van der Waals surface area contributed by atoms with E-state index in [1.54, 1.807) is 0 Å².